The van der Waals surface area contributed by atoms with E-state index in [-0.39, 0.29) is 11.8 Å². The number of pyridine rings is 1. The Morgan fingerprint density at radius 2 is 1.96 bits per heavy atom. The van der Waals surface area contributed by atoms with Gasteiger partial charge in [0.25, 0.3) is 0 Å². The van der Waals surface area contributed by atoms with E-state index in [0.29, 0.717) is 30.1 Å². The van der Waals surface area contributed by atoms with Crippen molar-refractivity contribution in [2.45, 2.75) is 51.0 Å². The molecule has 3 aliphatic rings. The van der Waals surface area contributed by atoms with Gasteiger partial charge in [-0.1, -0.05) is 13.0 Å². The predicted octanol–water partition coefficient (Wildman–Crippen LogP) is 2.84. The molecule has 5 heteroatoms. The Balaban J connectivity index is 1.18. The molecule has 1 saturated heterocycles. The monoisotopic (exact) mass is 353 g/mol. The number of carbonyl (C=O) groups excluding carboxylic acids is 1. The largest absolute Gasteiger partial charge is 0.390 e. The maximum atomic E-state index is 12.5. The van der Waals surface area contributed by atoms with E-state index in [1.807, 2.05) is 24.1 Å². The van der Waals surface area contributed by atoms with Crippen molar-refractivity contribution in [1.82, 2.24) is 14.5 Å². The molecule has 5 rings (SSSR count). The zero-order chi connectivity index (χ0) is 18.1. The van der Waals surface area contributed by atoms with Crippen LogP contribution in [0, 0.1) is 17.3 Å². The van der Waals surface area contributed by atoms with E-state index in [1.165, 1.54) is 18.5 Å². The summed E-state index contributed by atoms with van der Waals surface area (Å²) in [5, 5.41) is 14.3. The van der Waals surface area contributed by atoms with E-state index in [2.05, 4.69) is 34.7 Å². The van der Waals surface area contributed by atoms with Crippen LogP contribution in [-0.4, -0.2) is 44.2 Å². The van der Waals surface area contributed by atoms with Gasteiger partial charge in [-0.3, -0.25) is 4.79 Å². The first-order valence-corrected chi connectivity index (χ1v) is 9.80. The molecule has 3 heterocycles. The second-order valence-electron chi connectivity index (χ2n) is 9.37. The van der Waals surface area contributed by atoms with E-state index in [1.54, 1.807) is 0 Å². The van der Waals surface area contributed by atoms with Crippen LogP contribution < -0.4 is 0 Å². The molecule has 1 spiro atoms. The third-order valence-corrected chi connectivity index (χ3v) is 7.10. The Kier molecular flexibility index (Phi) is 3.34. The molecule has 0 radical (unpaired) electrons. The van der Waals surface area contributed by atoms with Crippen LogP contribution in [0.4, 0.5) is 0 Å². The smallest absolute Gasteiger partial charge is 0.225 e. The van der Waals surface area contributed by atoms with Gasteiger partial charge in [0.15, 0.2) is 0 Å². The number of rotatable bonds is 3. The molecular weight excluding hydrogens is 326 g/mol. The molecule has 26 heavy (non-hydrogen) atoms. The van der Waals surface area contributed by atoms with E-state index in [9.17, 15) is 9.90 Å². The first-order valence-electron chi connectivity index (χ1n) is 9.80. The SMILES string of the molecule is C[C@@H](c1cccc2ccnn12)C1CC2(C1)CN(C(=O)C1CC(C)(O)C1)C2. The van der Waals surface area contributed by atoms with Gasteiger partial charge in [0.1, 0.15) is 0 Å². The van der Waals surface area contributed by atoms with Crippen LogP contribution in [0.1, 0.15) is 51.1 Å². The molecule has 2 aliphatic carbocycles. The lowest BCUT2D eigenvalue weighted by molar-refractivity contribution is -0.172. The second-order valence-corrected chi connectivity index (χ2v) is 9.37. The van der Waals surface area contributed by atoms with Crippen LogP contribution in [-0.2, 0) is 4.79 Å². The topological polar surface area (TPSA) is 57.8 Å². The first-order chi connectivity index (χ1) is 12.4. The van der Waals surface area contributed by atoms with Crippen molar-refractivity contribution < 1.29 is 9.90 Å². The molecule has 0 bridgehead atoms. The lowest BCUT2D eigenvalue weighted by atomic mass is 9.54. The minimum absolute atomic E-state index is 0.0505. The van der Waals surface area contributed by atoms with Crippen molar-refractivity contribution in [3.05, 3.63) is 36.2 Å². The Labute approximate surface area is 154 Å². The molecule has 3 fully saturated rings. The van der Waals surface area contributed by atoms with Crippen molar-refractivity contribution in [3.63, 3.8) is 0 Å². The van der Waals surface area contributed by atoms with Gasteiger partial charge >= 0.3 is 0 Å². The second kappa shape index (κ2) is 5.32. The maximum Gasteiger partial charge on any atom is 0.225 e. The van der Waals surface area contributed by atoms with Crippen LogP contribution in [0.2, 0.25) is 0 Å². The highest BCUT2D eigenvalue weighted by Gasteiger charge is 2.56. The molecule has 2 saturated carbocycles. The lowest BCUT2D eigenvalue weighted by Crippen LogP contribution is -2.66. The molecule has 0 aromatic carbocycles. The third kappa shape index (κ3) is 2.40. The zero-order valence-electron chi connectivity index (χ0n) is 15.6. The summed E-state index contributed by atoms with van der Waals surface area (Å²) in [5.41, 5.74) is 2.18. The average molecular weight is 353 g/mol. The van der Waals surface area contributed by atoms with Crippen LogP contribution in [0.5, 0.6) is 0 Å². The number of carbonyl (C=O) groups is 1. The van der Waals surface area contributed by atoms with Crippen molar-refractivity contribution in [2.75, 3.05) is 13.1 Å². The molecule has 1 atom stereocenters. The van der Waals surface area contributed by atoms with Gasteiger partial charge in [0.05, 0.1) is 11.1 Å². The molecule has 1 N–H and O–H groups in total. The van der Waals surface area contributed by atoms with Gasteiger partial charge in [0, 0.05) is 42.2 Å². The summed E-state index contributed by atoms with van der Waals surface area (Å²) in [4.78, 5) is 14.5. The summed E-state index contributed by atoms with van der Waals surface area (Å²) in [5.74, 6) is 1.47. The normalized spacial score (nSPS) is 31.3. The van der Waals surface area contributed by atoms with Crippen molar-refractivity contribution in [2.24, 2.45) is 17.3 Å². The van der Waals surface area contributed by atoms with Gasteiger partial charge in [-0.05, 0) is 56.7 Å². The number of aromatic nitrogens is 2. The molecule has 2 aromatic rings. The highest BCUT2D eigenvalue weighted by Crippen LogP contribution is 2.56. The van der Waals surface area contributed by atoms with Gasteiger partial charge in [-0.25, -0.2) is 4.52 Å². The average Bonchev–Trinajstić information content (AvgIpc) is 2.97. The summed E-state index contributed by atoms with van der Waals surface area (Å²) < 4.78 is 2.06. The highest BCUT2D eigenvalue weighted by atomic mass is 16.3. The van der Waals surface area contributed by atoms with Crippen LogP contribution in [0.25, 0.3) is 5.52 Å². The Bertz CT molecular complexity index is 849. The van der Waals surface area contributed by atoms with E-state index < -0.39 is 5.60 Å². The fourth-order valence-corrected chi connectivity index (χ4v) is 5.58. The number of hydrogen-bond acceptors (Lipinski definition) is 3. The fourth-order valence-electron chi connectivity index (χ4n) is 5.58. The summed E-state index contributed by atoms with van der Waals surface area (Å²) in [6, 6.07) is 8.45. The van der Waals surface area contributed by atoms with Gasteiger partial charge < -0.3 is 10.0 Å². The molecule has 1 aliphatic heterocycles. The highest BCUT2D eigenvalue weighted by molar-refractivity contribution is 5.81. The molecule has 0 unspecified atom stereocenters. The number of hydrogen-bond donors (Lipinski definition) is 1. The van der Waals surface area contributed by atoms with Crippen LogP contribution >= 0.6 is 0 Å². The number of nitrogens with zero attached hydrogens (tertiary/aromatic N) is 3. The standard InChI is InChI=1S/C21H27N3O2/c1-14(18-5-3-4-17-6-7-22-24(17)18)15-10-21(11-15)12-23(13-21)19(25)16-8-20(2,26)9-16/h3-7,14-16,26H,8-13H2,1-2H3/t14-,16?,20?/m1/s1. The number of aliphatic hydroxyl groups is 1. The summed E-state index contributed by atoms with van der Waals surface area (Å²) in [6.45, 7) is 5.97. The maximum absolute atomic E-state index is 12.5. The molecule has 138 valence electrons. The Morgan fingerprint density at radius 1 is 1.23 bits per heavy atom. The van der Waals surface area contributed by atoms with Crippen molar-refractivity contribution in [3.8, 4) is 0 Å². The van der Waals surface area contributed by atoms with Gasteiger partial charge in [-0.15, -0.1) is 0 Å². The minimum Gasteiger partial charge on any atom is -0.390 e. The predicted molar refractivity (Wildman–Crippen MR) is 98.7 cm³/mol. The summed E-state index contributed by atoms with van der Waals surface area (Å²) in [6.07, 6.45) is 5.53. The minimum atomic E-state index is -0.618. The number of amides is 1. The zero-order valence-corrected chi connectivity index (χ0v) is 15.6. The van der Waals surface area contributed by atoms with Crippen molar-refractivity contribution in [1.29, 1.82) is 0 Å². The van der Waals surface area contributed by atoms with Crippen LogP contribution in [0.15, 0.2) is 30.5 Å². The molecular formula is C21H27N3O2. The molecule has 2 aromatic heterocycles. The van der Waals surface area contributed by atoms with E-state index in [4.69, 9.17) is 0 Å². The Morgan fingerprint density at radius 3 is 2.65 bits per heavy atom. The molecule has 5 nitrogen and oxygen atoms in total. The number of likely N-dealkylation sites (tertiary alicyclic amines) is 1. The quantitative estimate of drug-likeness (QED) is 0.923. The summed E-state index contributed by atoms with van der Waals surface area (Å²) >= 11 is 0. The summed E-state index contributed by atoms with van der Waals surface area (Å²) in [7, 11) is 0. The third-order valence-electron chi connectivity index (χ3n) is 7.10. The Hall–Kier alpha value is -1.88. The fraction of sp³-hybridized carbons (Fsp3) is 0.619. The lowest BCUT2D eigenvalue weighted by Gasteiger charge is -2.61. The van der Waals surface area contributed by atoms with Crippen molar-refractivity contribution >= 4 is 11.4 Å². The van der Waals surface area contributed by atoms with E-state index in [0.717, 1.165) is 18.6 Å². The van der Waals surface area contributed by atoms with E-state index >= 15 is 0 Å². The van der Waals surface area contributed by atoms with Gasteiger partial charge in [0.2, 0.25) is 5.91 Å². The van der Waals surface area contributed by atoms with Crippen LogP contribution in [0.3, 0.4) is 0 Å². The first kappa shape index (κ1) is 16.3. The molecule has 1 amide bonds. The van der Waals surface area contributed by atoms with Gasteiger partial charge in [-0.2, -0.15) is 5.10 Å². The number of fused-ring (bicyclic) bond motifs is 1.